The number of rotatable bonds is 7. The van der Waals surface area contributed by atoms with E-state index in [0.717, 1.165) is 12.0 Å². The Morgan fingerprint density at radius 2 is 2.06 bits per heavy atom. The zero-order valence-corrected chi connectivity index (χ0v) is 20.7. The van der Waals surface area contributed by atoms with Gasteiger partial charge in [0.15, 0.2) is 5.49 Å². The summed E-state index contributed by atoms with van der Waals surface area (Å²) in [5.41, 5.74) is 4.38. The molecule has 4 rings (SSSR count). The van der Waals surface area contributed by atoms with E-state index in [2.05, 4.69) is 56.9 Å². The van der Waals surface area contributed by atoms with Crippen LogP contribution in [0.15, 0.2) is 65.7 Å². The van der Waals surface area contributed by atoms with Crippen LogP contribution in [0.25, 0.3) is 11.3 Å². The molecule has 5 N–H and O–H groups in total. The Labute approximate surface area is 210 Å². The molecule has 0 bridgehead atoms. The number of aromatic nitrogens is 3. The van der Waals surface area contributed by atoms with E-state index >= 15 is 0 Å². The number of hydrogen-bond acceptors (Lipinski definition) is 8. The van der Waals surface area contributed by atoms with E-state index < -0.39 is 0 Å². The van der Waals surface area contributed by atoms with E-state index in [0.29, 0.717) is 41.7 Å². The summed E-state index contributed by atoms with van der Waals surface area (Å²) in [6.45, 7) is 2.68. The Morgan fingerprint density at radius 3 is 2.75 bits per heavy atom. The maximum absolute atomic E-state index is 13.1. The van der Waals surface area contributed by atoms with Gasteiger partial charge in [-0.1, -0.05) is 29.8 Å². The normalized spacial score (nSPS) is 16.4. The van der Waals surface area contributed by atoms with Crippen molar-refractivity contribution in [1.82, 2.24) is 19.9 Å². The molecule has 1 aliphatic heterocycles. The van der Waals surface area contributed by atoms with Crippen molar-refractivity contribution >= 4 is 23.9 Å². The fraction of sp³-hybridized carbons (Fsp3) is 0.269. The molecule has 0 spiro atoms. The van der Waals surface area contributed by atoms with Crippen molar-refractivity contribution in [3.8, 4) is 11.3 Å². The molecular formula is C26H31N9O. The van der Waals surface area contributed by atoms with Gasteiger partial charge in [0.05, 0.1) is 5.69 Å². The summed E-state index contributed by atoms with van der Waals surface area (Å²) in [5, 5.41) is 17.3. The lowest BCUT2D eigenvalue weighted by molar-refractivity contribution is -0.119. The molecule has 1 unspecified atom stereocenters. The third-order valence-corrected chi connectivity index (χ3v) is 6.24. The van der Waals surface area contributed by atoms with Gasteiger partial charge in [0.2, 0.25) is 11.9 Å². The highest BCUT2D eigenvalue weighted by Gasteiger charge is 2.26. The lowest BCUT2D eigenvalue weighted by Gasteiger charge is -2.20. The second-order valence-electron chi connectivity index (χ2n) is 8.80. The maximum atomic E-state index is 13.1. The number of fused-ring (bicyclic) bond motifs is 1. The minimum Gasteiger partial charge on any atom is -0.375 e. The molecule has 0 saturated carbocycles. The Morgan fingerprint density at radius 1 is 1.28 bits per heavy atom. The van der Waals surface area contributed by atoms with Crippen LogP contribution in [0.5, 0.6) is 0 Å². The van der Waals surface area contributed by atoms with Crippen LogP contribution >= 0.6 is 0 Å². The topological polar surface area (TPSA) is 137 Å². The number of aryl methyl sites for hydroxylation is 1. The first-order chi connectivity index (χ1) is 17.4. The van der Waals surface area contributed by atoms with Gasteiger partial charge >= 0.3 is 0 Å². The third kappa shape index (κ3) is 5.43. The van der Waals surface area contributed by atoms with Gasteiger partial charge in [-0.05, 0) is 49.1 Å². The van der Waals surface area contributed by atoms with Crippen LogP contribution < -0.4 is 26.9 Å². The highest BCUT2D eigenvalue weighted by atomic mass is 16.2. The van der Waals surface area contributed by atoms with Gasteiger partial charge in [0.1, 0.15) is 11.6 Å². The Hall–Kier alpha value is -4.47. The summed E-state index contributed by atoms with van der Waals surface area (Å²) < 4.78 is 2.00. The highest BCUT2D eigenvalue weighted by Crippen LogP contribution is 2.28. The lowest BCUT2D eigenvalue weighted by atomic mass is 9.95. The number of nitrogens with zero attached hydrogens (tertiary/aromatic N) is 5. The quantitative estimate of drug-likeness (QED) is 0.230. The van der Waals surface area contributed by atoms with Gasteiger partial charge in [-0.25, -0.2) is 9.97 Å². The van der Waals surface area contributed by atoms with E-state index in [9.17, 15) is 4.79 Å². The van der Waals surface area contributed by atoms with Crippen LogP contribution in [0.3, 0.4) is 0 Å². The number of nitrogens with one attached hydrogen (secondary N) is 3. The Kier molecular flexibility index (Phi) is 7.43. The molecule has 10 nitrogen and oxygen atoms in total. The van der Waals surface area contributed by atoms with Crippen LogP contribution in [0.4, 0.5) is 11.8 Å². The summed E-state index contributed by atoms with van der Waals surface area (Å²) in [5.74, 6) is 7.64. The number of nitrogens with two attached hydrogens (primary N) is 1. The van der Waals surface area contributed by atoms with E-state index in [4.69, 9.17) is 11.3 Å². The summed E-state index contributed by atoms with van der Waals surface area (Å²) in [4.78, 5) is 23.7. The van der Waals surface area contributed by atoms with Crippen molar-refractivity contribution in [2.24, 2.45) is 16.9 Å². The minimum absolute atomic E-state index is 0.0407. The lowest BCUT2D eigenvalue weighted by Crippen LogP contribution is -2.31. The van der Waals surface area contributed by atoms with Crippen LogP contribution in [0, 0.1) is 18.3 Å². The maximum Gasteiger partial charge on any atom is 0.228 e. The summed E-state index contributed by atoms with van der Waals surface area (Å²) in [6, 6.07) is 14.0. The van der Waals surface area contributed by atoms with Crippen molar-refractivity contribution < 1.29 is 4.79 Å². The SMILES string of the molecule is CN/C(=C\C=N)Nc1nccc(-c2cc3n(/c(=N\N)c2)CC(Cc2ccc(C)cc2)CC(=O)N3C)n1. The van der Waals surface area contributed by atoms with Crippen molar-refractivity contribution in [1.29, 1.82) is 5.41 Å². The molecule has 3 aromatic rings. The average Bonchev–Trinajstić information content (AvgIpc) is 3.00. The Balaban J connectivity index is 1.70. The molecule has 36 heavy (non-hydrogen) atoms. The summed E-state index contributed by atoms with van der Waals surface area (Å²) in [7, 11) is 3.52. The molecule has 0 aliphatic carbocycles. The summed E-state index contributed by atoms with van der Waals surface area (Å²) in [6.07, 6.45) is 5.59. The number of carbonyl (C=O) groups excluding carboxylic acids is 1. The van der Waals surface area contributed by atoms with E-state index in [1.54, 1.807) is 37.3 Å². The predicted molar refractivity (Wildman–Crippen MR) is 141 cm³/mol. The molecule has 0 saturated heterocycles. The molecule has 1 atom stereocenters. The number of allylic oxidation sites excluding steroid dienone is 1. The van der Waals surface area contributed by atoms with Crippen molar-refractivity contribution in [2.45, 2.75) is 26.3 Å². The minimum atomic E-state index is 0.0407. The first kappa shape index (κ1) is 24.6. The smallest absolute Gasteiger partial charge is 0.228 e. The van der Waals surface area contributed by atoms with Crippen LogP contribution in [-0.2, 0) is 17.8 Å². The van der Waals surface area contributed by atoms with Crippen LogP contribution in [-0.4, -0.2) is 40.8 Å². The predicted octanol–water partition coefficient (Wildman–Crippen LogP) is 2.38. The largest absolute Gasteiger partial charge is 0.375 e. The molecule has 3 heterocycles. The zero-order valence-electron chi connectivity index (χ0n) is 20.7. The highest BCUT2D eigenvalue weighted by molar-refractivity contribution is 5.93. The fourth-order valence-corrected chi connectivity index (χ4v) is 4.31. The van der Waals surface area contributed by atoms with E-state index in [1.165, 1.54) is 17.3 Å². The van der Waals surface area contributed by atoms with Crippen LogP contribution in [0.1, 0.15) is 17.5 Å². The summed E-state index contributed by atoms with van der Waals surface area (Å²) >= 11 is 0. The van der Waals surface area contributed by atoms with Crippen molar-refractivity contribution in [2.75, 3.05) is 24.3 Å². The molecule has 10 heteroatoms. The number of carbonyl (C=O) groups is 1. The van der Waals surface area contributed by atoms with E-state index in [1.807, 2.05) is 16.7 Å². The van der Waals surface area contributed by atoms with Gasteiger partial charge in [0, 0.05) is 45.0 Å². The van der Waals surface area contributed by atoms with Gasteiger partial charge in [0.25, 0.3) is 0 Å². The van der Waals surface area contributed by atoms with Crippen molar-refractivity contribution in [3.63, 3.8) is 0 Å². The first-order valence-corrected chi connectivity index (χ1v) is 11.7. The zero-order chi connectivity index (χ0) is 25.7. The molecule has 0 fully saturated rings. The molecule has 2 aromatic heterocycles. The van der Waals surface area contributed by atoms with Gasteiger partial charge in [-0.2, -0.15) is 5.10 Å². The number of hydrogen-bond donors (Lipinski definition) is 4. The average molecular weight is 486 g/mol. The monoisotopic (exact) mass is 485 g/mol. The van der Waals surface area contributed by atoms with Gasteiger partial charge in [-0.3, -0.25) is 4.79 Å². The molecule has 186 valence electrons. The molecule has 1 aromatic carbocycles. The second-order valence-corrected chi connectivity index (χ2v) is 8.80. The number of anilines is 2. The fourth-order valence-electron chi connectivity index (χ4n) is 4.31. The second kappa shape index (κ2) is 10.9. The van der Waals surface area contributed by atoms with Crippen molar-refractivity contribution in [3.05, 3.63) is 77.2 Å². The van der Waals surface area contributed by atoms with Gasteiger partial charge < -0.3 is 31.4 Å². The molecular weight excluding hydrogens is 454 g/mol. The standard InChI is InChI=1S/C26H31N9O/c1-17-4-6-18(7-5-17)12-19-13-25(36)34(3)24-15-20(14-23(33-28)35(24)16-19)21-9-11-30-26(31-21)32-22(29-2)8-10-27/h4-11,14-15,19,27,29H,12-13,16,28H2,1-3H3,(H,30,31,32)/b22-8+,27-10?,33-23-. The van der Waals surface area contributed by atoms with E-state index in [-0.39, 0.29) is 11.8 Å². The Bertz CT molecular complexity index is 1360. The number of benzene rings is 1. The van der Waals surface area contributed by atoms with Crippen LogP contribution in [0.2, 0.25) is 0 Å². The molecule has 1 amide bonds. The third-order valence-electron chi connectivity index (χ3n) is 6.24. The number of pyridine rings is 1. The first-order valence-electron chi connectivity index (χ1n) is 11.7. The molecule has 0 radical (unpaired) electrons. The number of amides is 1. The van der Waals surface area contributed by atoms with Gasteiger partial charge in [-0.15, -0.1) is 0 Å². The molecule has 1 aliphatic rings.